The minimum Gasteiger partial charge on any atom is -0.507 e. The second-order valence-electron chi connectivity index (χ2n) is 4.83. The molecule has 0 bridgehead atoms. The van der Waals surface area contributed by atoms with Crippen molar-refractivity contribution in [2.45, 2.75) is 6.42 Å². The Kier molecular flexibility index (Phi) is 3.56. The Morgan fingerprint density at radius 1 is 1.10 bits per heavy atom. The van der Waals surface area contributed by atoms with Gasteiger partial charge in [-0.25, -0.2) is 4.68 Å². The topological polar surface area (TPSA) is 38.0 Å². The molecule has 104 valence electrons. The summed E-state index contributed by atoms with van der Waals surface area (Å²) in [4.78, 5) is 0. The first-order chi connectivity index (χ1) is 10.3. The van der Waals surface area contributed by atoms with Gasteiger partial charge in [-0.1, -0.05) is 30.3 Å². The van der Waals surface area contributed by atoms with Crippen molar-refractivity contribution in [1.82, 2.24) is 9.78 Å². The molecule has 0 atom stereocenters. The highest BCUT2D eigenvalue weighted by Crippen LogP contribution is 2.29. The molecule has 3 rings (SSSR count). The number of benzene rings is 2. The lowest BCUT2D eigenvalue weighted by molar-refractivity contribution is 0.477. The molecule has 0 saturated heterocycles. The lowest BCUT2D eigenvalue weighted by Gasteiger charge is -2.05. The summed E-state index contributed by atoms with van der Waals surface area (Å²) in [6, 6.07) is 17.4. The smallest absolute Gasteiger partial charge is 0.125 e. The van der Waals surface area contributed by atoms with Crippen molar-refractivity contribution in [2.75, 3.05) is 0 Å². The highest BCUT2D eigenvalue weighted by Gasteiger charge is 2.09. The normalized spacial score (nSPS) is 10.5. The number of phenols is 1. The average Bonchev–Trinajstić information content (AvgIpc) is 3.00. The van der Waals surface area contributed by atoms with Gasteiger partial charge in [-0.15, -0.1) is 6.58 Å². The Balaban J connectivity index is 2.00. The highest BCUT2D eigenvalue weighted by molar-refractivity contribution is 5.67. The zero-order valence-electron chi connectivity index (χ0n) is 11.6. The maximum Gasteiger partial charge on any atom is 0.125 e. The van der Waals surface area contributed by atoms with Crippen molar-refractivity contribution < 1.29 is 5.11 Å². The summed E-state index contributed by atoms with van der Waals surface area (Å²) in [5, 5.41) is 14.6. The second-order valence-corrected chi connectivity index (χ2v) is 4.83. The van der Waals surface area contributed by atoms with Crippen LogP contribution in [-0.2, 0) is 6.42 Å². The number of hydrogen-bond donors (Lipinski definition) is 1. The molecule has 0 unspecified atom stereocenters. The van der Waals surface area contributed by atoms with E-state index in [9.17, 15) is 5.11 Å². The molecule has 0 aliphatic rings. The van der Waals surface area contributed by atoms with Crippen LogP contribution in [0.5, 0.6) is 5.75 Å². The zero-order valence-corrected chi connectivity index (χ0v) is 11.6. The van der Waals surface area contributed by atoms with E-state index in [4.69, 9.17) is 0 Å². The molecule has 0 aliphatic carbocycles. The van der Waals surface area contributed by atoms with Crippen molar-refractivity contribution in [1.29, 1.82) is 0 Å². The summed E-state index contributed by atoms with van der Waals surface area (Å²) in [5.74, 6) is 0.237. The number of para-hydroxylation sites is 1. The monoisotopic (exact) mass is 276 g/mol. The lowest BCUT2D eigenvalue weighted by atomic mass is 10.0. The van der Waals surface area contributed by atoms with Crippen LogP contribution in [0.1, 0.15) is 5.56 Å². The van der Waals surface area contributed by atoms with Gasteiger partial charge < -0.3 is 5.11 Å². The molecule has 1 N–H and O–H groups in total. The third kappa shape index (κ3) is 2.72. The summed E-state index contributed by atoms with van der Waals surface area (Å²) < 4.78 is 1.80. The highest BCUT2D eigenvalue weighted by atomic mass is 16.3. The van der Waals surface area contributed by atoms with Crippen LogP contribution in [0.25, 0.3) is 16.9 Å². The summed E-state index contributed by atoms with van der Waals surface area (Å²) in [6.07, 6.45) is 4.51. The maximum atomic E-state index is 10.1. The van der Waals surface area contributed by atoms with Crippen LogP contribution >= 0.6 is 0 Å². The van der Waals surface area contributed by atoms with Crippen molar-refractivity contribution in [3.8, 4) is 22.7 Å². The van der Waals surface area contributed by atoms with Crippen LogP contribution in [0.2, 0.25) is 0 Å². The molecular weight excluding hydrogens is 260 g/mol. The van der Waals surface area contributed by atoms with Gasteiger partial charge in [-0.05, 0) is 42.3 Å². The predicted molar refractivity (Wildman–Crippen MR) is 84.6 cm³/mol. The summed E-state index contributed by atoms with van der Waals surface area (Å²) in [5.41, 5.74) is 3.59. The molecule has 21 heavy (non-hydrogen) atoms. The molecule has 1 aromatic heterocycles. The molecule has 3 heteroatoms. The van der Waals surface area contributed by atoms with Crippen molar-refractivity contribution >= 4 is 0 Å². The van der Waals surface area contributed by atoms with Crippen LogP contribution in [0, 0.1) is 0 Å². The lowest BCUT2D eigenvalue weighted by Crippen LogP contribution is -1.94. The van der Waals surface area contributed by atoms with Gasteiger partial charge in [-0.2, -0.15) is 5.10 Å². The summed E-state index contributed by atoms with van der Waals surface area (Å²) in [6.45, 7) is 3.74. The number of hydrogen-bond acceptors (Lipinski definition) is 2. The molecular formula is C18H16N2O. The van der Waals surface area contributed by atoms with Gasteiger partial charge in [0.05, 0.1) is 11.4 Å². The molecule has 1 heterocycles. The van der Waals surface area contributed by atoms with Gasteiger partial charge in [-0.3, -0.25) is 0 Å². The molecule has 0 saturated carbocycles. The van der Waals surface area contributed by atoms with Crippen LogP contribution in [-0.4, -0.2) is 14.9 Å². The maximum absolute atomic E-state index is 10.1. The van der Waals surface area contributed by atoms with Crippen molar-refractivity contribution in [2.24, 2.45) is 0 Å². The Morgan fingerprint density at radius 2 is 1.90 bits per heavy atom. The number of nitrogens with zero attached hydrogens (tertiary/aromatic N) is 2. The molecule has 0 amide bonds. The fraction of sp³-hybridized carbons (Fsp3) is 0.0556. The molecule has 0 radical (unpaired) electrons. The van der Waals surface area contributed by atoms with E-state index in [2.05, 4.69) is 11.7 Å². The quantitative estimate of drug-likeness (QED) is 0.732. The number of aromatic nitrogens is 2. The van der Waals surface area contributed by atoms with Gasteiger partial charge in [0.2, 0.25) is 0 Å². The van der Waals surface area contributed by atoms with E-state index in [0.29, 0.717) is 0 Å². The van der Waals surface area contributed by atoms with Crippen LogP contribution in [0.4, 0.5) is 0 Å². The largest absolute Gasteiger partial charge is 0.507 e. The SMILES string of the molecule is C=CCc1ccc(O)c(-c2ccn(-c3ccccc3)n2)c1. The Labute approximate surface area is 123 Å². The molecule has 3 nitrogen and oxygen atoms in total. The van der Waals surface area contributed by atoms with Gasteiger partial charge in [0.25, 0.3) is 0 Å². The second kappa shape index (κ2) is 5.67. The van der Waals surface area contributed by atoms with E-state index in [0.717, 1.165) is 28.9 Å². The Morgan fingerprint density at radius 3 is 2.67 bits per heavy atom. The third-order valence-electron chi connectivity index (χ3n) is 3.33. The third-order valence-corrected chi connectivity index (χ3v) is 3.33. The Bertz CT molecular complexity index is 760. The minimum atomic E-state index is 0.237. The van der Waals surface area contributed by atoms with E-state index in [1.54, 1.807) is 10.7 Å². The molecule has 0 fully saturated rings. The molecule has 0 spiro atoms. The standard InChI is InChI=1S/C18H16N2O/c1-2-6-14-9-10-18(21)16(13-14)17-11-12-20(19-17)15-7-4-3-5-8-15/h2-5,7-13,21H,1,6H2. The molecule has 3 aromatic rings. The summed E-state index contributed by atoms with van der Waals surface area (Å²) in [7, 11) is 0. The van der Waals surface area contributed by atoms with Gasteiger partial charge >= 0.3 is 0 Å². The fourth-order valence-electron chi connectivity index (χ4n) is 2.27. The van der Waals surface area contributed by atoms with Crippen LogP contribution in [0.3, 0.4) is 0 Å². The first kappa shape index (κ1) is 13.2. The van der Waals surface area contributed by atoms with E-state index in [-0.39, 0.29) is 5.75 Å². The van der Waals surface area contributed by atoms with Crippen molar-refractivity contribution in [3.63, 3.8) is 0 Å². The number of allylic oxidation sites excluding steroid dienone is 1. The Hall–Kier alpha value is -2.81. The van der Waals surface area contributed by atoms with E-state index in [1.807, 2.05) is 60.8 Å². The van der Waals surface area contributed by atoms with Crippen LogP contribution < -0.4 is 0 Å². The van der Waals surface area contributed by atoms with Gasteiger partial charge in [0.15, 0.2) is 0 Å². The molecule has 2 aromatic carbocycles. The average molecular weight is 276 g/mol. The predicted octanol–water partition coefficient (Wildman–Crippen LogP) is 3.97. The van der Waals surface area contributed by atoms with Crippen LogP contribution in [0.15, 0.2) is 73.4 Å². The number of rotatable bonds is 4. The minimum absolute atomic E-state index is 0.237. The first-order valence-corrected chi connectivity index (χ1v) is 6.82. The van der Waals surface area contributed by atoms with E-state index < -0.39 is 0 Å². The zero-order chi connectivity index (χ0) is 14.7. The first-order valence-electron chi connectivity index (χ1n) is 6.82. The van der Waals surface area contributed by atoms with Gasteiger partial charge in [0.1, 0.15) is 5.75 Å². The van der Waals surface area contributed by atoms with Gasteiger partial charge in [0, 0.05) is 11.8 Å². The van der Waals surface area contributed by atoms with E-state index in [1.165, 1.54) is 0 Å². The number of aromatic hydroxyl groups is 1. The summed E-state index contributed by atoms with van der Waals surface area (Å²) >= 11 is 0. The van der Waals surface area contributed by atoms with E-state index >= 15 is 0 Å². The van der Waals surface area contributed by atoms with Crippen molar-refractivity contribution in [3.05, 3.63) is 79.0 Å². The number of phenolic OH excluding ortho intramolecular Hbond substituents is 1. The fourth-order valence-corrected chi connectivity index (χ4v) is 2.27. The molecule has 0 aliphatic heterocycles.